The maximum Gasteiger partial charge on any atom is 0.0676 e. The van der Waals surface area contributed by atoms with Crippen molar-refractivity contribution in [3.05, 3.63) is 12.2 Å². The van der Waals surface area contributed by atoms with Crippen LogP contribution in [0.25, 0.3) is 0 Å². The van der Waals surface area contributed by atoms with E-state index in [2.05, 4.69) is 32.9 Å². The number of aliphatic hydroxyl groups is 1. The third-order valence-electron chi connectivity index (χ3n) is 3.21. The average molecular weight is 212 g/mol. The molecule has 0 aliphatic carbocycles. The van der Waals surface area contributed by atoms with E-state index in [1.807, 2.05) is 0 Å². The molecule has 0 aromatic carbocycles. The lowest BCUT2D eigenvalue weighted by atomic mass is 9.93. The van der Waals surface area contributed by atoms with Crippen LogP contribution in [0, 0.1) is 0 Å². The molecule has 1 nitrogen and oxygen atoms in total. The molecule has 0 radical (unpaired) electrons. The summed E-state index contributed by atoms with van der Waals surface area (Å²) in [5.41, 5.74) is -0.458. The molecule has 1 N–H and O–H groups in total. The summed E-state index contributed by atoms with van der Waals surface area (Å²) < 4.78 is 0. The van der Waals surface area contributed by atoms with Gasteiger partial charge in [0, 0.05) is 0 Å². The van der Waals surface area contributed by atoms with Gasteiger partial charge in [0.05, 0.1) is 5.60 Å². The first-order valence-electron chi connectivity index (χ1n) is 6.56. The van der Waals surface area contributed by atoms with Crippen LogP contribution in [0.3, 0.4) is 0 Å². The van der Waals surface area contributed by atoms with Crippen molar-refractivity contribution < 1.29 is 5.11 Å². The minimum Gasteiger partial charge on any atom is -0.390 e. The molecule has 1 heteroatoms. The lowest BCUT2D eigenvalue weighted by Crippen LogP contribution is -2.25. The second kappa shape index (κ2) is 8.96. The van der Waals surface area contributed by atoms with E-state index in [1.54, 1.807) is 0 Å². The summed E-state index contributed by atoms with van der Waals surface area (Å²) in [6, 6.07) is 0. The van der Waals surface area contributed by atoms with Crippen LogP contribution in [-0.4, -0.2) is 10.7 Å². The molecule has 0 saturated heterocycles. The van der Waals surface area contributed by atoms with Gasteiger partial charge < -0.3 is 5.11 Å². The van der Waals surface area contributed by atoms with Crippen LogP contribution in [0.1, 0.15) is 72.1 Å². The van der Waals surface area contributed by atoms with Crippen LogP contribution in [-0.2, 0) is 0 Å². The molecule has 0 atom stereocenters. The van der Waals surface area contributed by atoms with E-state index < -0.39 is 5.60 Å². The summed E-state index contributed by atoms with van der Waals surface area (Å²) in [6.45, 7) is 6.34. The number of hydrogen-bond donors (Lipinski definition) is 1. The summed E-state index contributed by atoms with van der Waals surface area (Å²) in [5.74, 6) is 0. The smallest absolute Gasteiger partial charge is 0.0676 e. The zero-order valence-electron chi connectivity index (χ0n) is 10.8. The van der Waals surface area contributed by atoms with E-state index in [4.69, 9.17) is 0 Å². The Hall–Kier alpha value is -0.300. The summed E-state index contributed by atoms with van der Waals surface area (Å²) in [7, 11) is 0. The minimum atomic E-state index is -0.458. The highest BCUT2D eigenvalue weighted by Gasteiger charge is 2.19. The second-order valence-corrected chi connectivity index (χ2v) is 4.46. The maximum atomic E-state index is 10.0. The Bertz CT molecular complexity index is 157. The van der Waals surface area contributed by atoms with Gasteiger partial charge in [0.15, 0.2) is 0 Å². The van der Waals surface area contributed by atoms with Gasteiger partial charge in [-0.15, -0.1) is 0 Å². The molecule has 15 heavy (non-hydrogen) atoms. The van der Waals surface area contributed by atoms with E-state index >= 15 is 0 Å². The van der Waals surface area contributed by atoms with Crippen molar-refractivity contribution >= 4 is 0 Å². The van der Waals surface area contributed by atoms with Gasteiger partial charge in [-0.25, -0.2) is 0 Å². The molecule has 0 heterocycles. The van der Waals surface area contributed by atoms with Crippen LogP contribution in [0.2, 0.25) is 0 Å². The van der Waals surface area contributed by atoms with Crippen LogP contribution in [0.5, 0.6) is 0 Å². The molecule has 0 aromatic heterocycles. The lowest BCUT2D eigenvalue weighted by molar-refractivity contribution is 0.0353. The SMILES string of the molecule is CCCCCCC=CCC(O)(CC)CC. The number of unbranched alkanes of at least 4 members (excludes halogenated alkanes) is 4. The van der Waals surface area contributed by atoms with Crippen molar-refractivity contribution in [1.82, 2.24) is 0 Å². The molecule has 0 aliphatic rings. The quantitative estimate of drug-likeness (QED) is 0.442. The molecule has 0 saturated carbocycles. The fourth-order valence-electron chi connectivity index (χ4n) is 1.65. The van der Waals surface area contributed by atoms with Gasteiger partial charge in [-0.1, -0.05) is 52.2 Å². The van der Waals surface area contributed by atoms with Gasteiger partial charge in [-0.3, -0.25) is 0 Å². The Morgan fingerprint density at radius 2 is 1.60 bits per heavy atom. The topological polar surface area (TPSA) is 20.2 Å². The van der Waals surface area contributed by atoms with Crippen LogP contribution in [0.15, 0.2) is 12.2 Å². The third kappa shape index (κ3) is 7.61. The number of allylic oxidation sites excluding steroid dienone is 1. The Balaban J connectivity index is 3.52. The van der Waals surface area contributed by atoms with E-state index in [0.717, 1.165) is 19.3 Å². The van der Waals surface area contributed by atoms with Gasteiger partial charge in [0.1, 0.15) is 0 Å². The Labute approximate surface area is 95.6 Å². The molecule has 0 spiro atoms. The fraction of sp³-hybridized carbons (Fsp3) is 0.857. The molecule has 0 aromatic rings. The highest BCUT2D eigenvalue weighted by atomic mass is 16.3. The first-order chi connectivity index (χ1) is 7.18. The Morgan fingerprint density at radius 1 is 0.933 bits per heavy atom. The first-order valence-corrected chi connectivity index (χ1v) is 6.56. The van der Waals surface area contributed by atoms with Gasteiger partial charge >= 0.3 is 0 Å². The normalized spacial score (nSPS) is 12.5. The fourth-order valence-corrected chi connectivity index (χ4v) is 1.65. The summed E-state index contributed by atoms with van der Waals surface area (Å²) in [4.78, 5) is 0. The molecule has 0 unspecified atom stereocenters. The van der Waals surface area contributed by atoms with Crippen LogP contribution < -0.4 is 0 Å². The molecule has 0 bridgehead atoms. The first kappa shape index (κ1) is 14.7. The summed E-state index contributed by atoms with van der Waals surface area (Å²) in [5, 5.41) is 10.0. The third-order valence-corrected chi connectivity index (χ3v) is 3.21. The van der Waals surface area contributed by atoms with Crippen LogP contribution in [0.4, 0.5) is 0 Å². The maximum absolute atomic E-state index is 10.0. The second-order valence-electron chi connectivity index (χ2n) is 4.46. The monoisotopic (exact) mass is 212 g/mol. The highest BCUT2D eigenvalue weighted by Crippen LogP contribution is 2.19. The van der Waals surface area contributed by atoms with Crippen molar-refractivity contribution in [2.75, 3.05) is 0 Å². The zero-order valence-corrected chi connectivity index (χ0v) is 10.8. The standard InChI is InChI=1S/C14H28O/c1-4-7-8-9-10-11-12-13-14(15,5-2)6-3/h11-12,15H,4-10,13H2,1-3H3. The minimum absolute atomic E-state index is 0.458. The largest absolute Gasteiger partial charge is 0.390 e. The molecular formula is C14H28O. The molecule has 0 fully saturated rings. The molecular weight excluding hydrogens is 184 g/mol. The average Bonchev–Trinajstić information content (AvgIpc) is 2.27. The van der Waals surface area contributed by atoms with Crippen molar-refractivity contribution in [3.63, 3.8) is 0 Å². The zero-order chi connectivity index (χ0) is 11.6. The predicted octanol–water partition coefficient (Wildman–Crippen LogP) is 4.45. The molecule has 90 valence electrons. The molecule has 0 rings (SSSR count). The van der Waals surface area contributed by atoms with Gasteiger partial charge in [-0.2, -0.15) is 0 Å². The highest BCUT2D eigenvalue weighted by molar-refractivity contribution is 4.90. The molecule has 0 amide bonds. The number of hydrogen-bond acceptors (Lipinski definition) is 1. The van der Waals surface area contributed by atoms with Gasteiger partial charge in [-0.05, 0) is 32.1 Å². The number of rotatable bonds is 9. The Kier molecular flexibility index (Phi) is 8.79. The van der Waals surface area contributed by atoms with E-state index in [0.29, 0.717) is 0 Å². The molecule has 0 aliphatic heterocycles. The van der Waals surface area contributed by atoms with Gasteiger partial charge in [0.25, 0.3) is 0 Å². The van der Waals surface area contributed by atoms with E-state index in [9.17, 15) is 5.11 Å². The summed E-state index contributed by atoms with van der Waals surface area (Å²) >= 11 is 0. The predicted molar refractivity (Wildman–Crippen MR) is 68.0 cm³/mol. The van der Waals surface area contributed by atoms with Crippen molar-refractivity contribution in [2.24, 2.45) is 0 Å². The van der Waals surface area contributed by atoms with Gasteiger partial charge in [0.2, 0.25) is 0 Å². The summed E-state index contributed by atoms with van der Waals surface area (Å²) in [6.07, 6.45) is 13.3. The Morgan fingerprint density at radius 3 is 2.13 bits per heavy atom. The van der Waals surface area contributed by atoms with Crippen molar-refractivity contribution in [2.45, 2.75) is 77.7 Å². The van der Waals surface area contributed by atoms with Crippen LogP contribution >= 0.6 is 0 Å². The van der Waals surface area contributed by atoms with Crippen molar-refractivity contribution in [1.29, 1.82) is 0 Å². The lowest BCUT2D eigenvalue weighted by Gasteiger charge is -2.23. The van der Waals surface area contributed by atoms with E-state index in [1.165, 1.54) is 32.1 Å². The van der Waals surface area contributed by atoms with Crippen molar-refractivity contribution in [3.8, 4) is 0 Å². The van der Waals surface area contributed by atoms with E-state index in [-0.39, 0.29) is 0 Å².